The predicted octanol–water partition coefficient (Wildman–Crippen LogP) is 2.98. The number of hydrogen-bond donors (Lipinski definition) is 1. The lowest BCUT2D eigenvalue weighted by molar-refractivity contribution is 0.185. The van der Waals surface area contributed by atoms with Gasteiger partial charge in [-0.25, -0.2) is 0 Å². The van der Waals surface area contributed by atoms with Crippen LogP contribution in [0.5, 0.6) is 0 Å². The number of aromatic nitrogens is 2. The van der Waals surface area contributed by atoms with Gasteiger partial charge in [0.15, 0.2) is 0 Å². The number of rotatable bonds is 2. The second-order valence-corrected chi connectivity index (χ2v) is 5.78. The first-order valence-corrected chi connectivity index (χ1v) is 6.72. The van der Waals surface area contributed by atoms with Crippen molar-refractivity contribution in [3.8, 4) is 0 Å². The zero-order valence-corrected chi connectivity index (χ0v) is 11.7. The molecule has 1 N–H and O–H groups in total. The van der Waals surface area contributed by atoms with E-state index in [1.54, 1.807) is 12.4 Å². The SMILES string of the molecule is CC1(Nc2ccnc3cc(Br)cnc23)CCOC1. The summed E-state index contributed by atoms with van der Waals surface area (Å²) in [5, 5.41) is 3.54. The lowest BCUT2D eigenvalue weighted by Crippen LogP contribution is -2.35. The third-order valence-electron chi connectivity index (χ3n) is 3.20. The van der Waals surface area contributed by atoms with Crippen LogP contribution in [0.1, 0.15) is 13.3 Å². The summed E-state index contributed by atoms with van der Waals surface area (Å²) in [6.07, 6.45) is 4.61. The van der Waals surface area contributed by atoms with Crippen molar-refractivity contribution in [2.75, 3.05) is 18.5 Å². The van der Waals surface area contributed by atoms with Crippen molar-refractivity contribution < 1.29 is 4.74 Å². The van der Waals surface area contributed by atoms with Gasteiger partial charge in [0.2, 0.25) is 0 Å². The summed E-state index contributed by atoms with van der Waals surface area (Å²) in [7, 11) is 0. The van der Waals surface area contributed by atoms with Gasteiger partial charge in [-0.1, -0.05) is 0 Å². The van der Waals surface area contributed by atoms with Crippen LogP contribution in [0.3, 0.4) is 0 Å². The smallest absolute Gasteiger partial charge is 0.112 e. The van der Waals surface area contributed by atoms with Gasteiger partial charge in [-0.05, 0) is 41.4 Å². The minimum absolute atomic E-state index is 0.0109. The molecule has 0 aliphatic carbocycles. The van der Waals surface area contributed by atoms with Crippen LogP contribution in [0.25, 0.3) is 11.0 Å². The number of anilines is 1. The molecule has 3 heterocycles. The van der Waals surface area contributed by atoms with E-state index in [0.717, 1.165) is 40.8 Å². The topological polar surface area (TPSA) is 47.0 Å². The third kappa shape index (κ3) is 2.20. The molecule has 1 aliphatic heterocycles. The molecule has 1 unspecified atom stereocenters. The monoisotopic (exact) mass is 307 g/mol. The number of nitrogens with zero attached hydrogens (tertiary/aromatic N) is 2. The highest BCUT2D eigenvalue weighted by atomic mass is 79.9. The zero-order valence-electron chi connectivity index (χ0n) is 10.1. The van der Waals surface area contributed by atoms with Gasteiger partial charge in [0, 0.05) is 23.5 Å². The predicted molar refractivity (Wildman–Crippen MR) is 74.7 cm³/mol. The average molecular weight is 308 g/mol. The fraction of sp³-hybridized carbons (Fsp3) is 0.385. The van der Waals surface area contributed by atoms with Crippen molar-refractivity contribution in [1.29, 1.82) is 0 Å². The first-order chi connectivity index (χ1) is 8.66. The normalized spacial score (nSPS) is 23.4. The Morgan fingerprint density at radius 2 is 2.33 bits per heavy atom. The molecule has 2 aromatic heterocycles. The summed E-state index contributed by atoms with van der Waals surface area (Å²) in [5.74, 6) is 0. The maximum atomic E-state index is 5.46. The van der Waals surface area contributed by atoms with Crippen molar-refractivity contribution in [3.05, 3.63) is 29.0 Å². The Balaban J connectivity index is 2.01. The summed E-state index contributed by atoms with van der Waals surface area (Å²) in [6.45, 7) is 3.71. The van der Waals surface area contributed by atoms with E-state index in [1.807, 2.05) is 12.1 Å². The number of ether oxygens (including phenoxy) is 1. The van der Waals surface area contributed by atoms with E-state index in [-0.39, 0.29) is 5.54 Å². The van der Waals surface area contributed by atoms with Gasteiger partial charge in [0.25, 0.3) is 0 Å². The highest BCUT2D eigenvalue weighted by Crippen LogP contribution is 2.28. The first kappa shape index (κ1) is 11.9. The molecule has 0 saturated carbocycles. The second kappa shape index (κ2) is 4.48. The lowest BCUT2D eigenvalue weighted by atomic mass is 10.0. The quantitative estimate of drug-likeness (QED) is 0.926. The molecule has 1 saturated heterocycles. The maximum absolute atomic E-state index is 5.46. The van der Waals surface area contributed by atoms with Gasteiger partial charge in [0.05, 0.1) is 23.3 Å². The van der Waals surface area contributed by atoms with E-state index in [2.05, 4.69) is 38.1 Å². The number of nitrogens with one attached hydrogen (secondary N) is 1. The Morgan fingerprint density at radius 1 is 1.44 bits per heavy atom. The fourth-order valence-corrected chi connectivity index (χ4v) is 2.52. The molecular weight excluding hydrogens is 294 g/mol. The fourth-order valence-electron chi connectivity index (χ4n) is 2.20. The number of fused-ring (bicyclic) bond motifs is 1. The molecule has 1 aliphatic rings. The molecule has 18 heavy (non-hydrogen) atoms. The van der Waals surface area contributed by atoms with Crippen molar-refractivity contribution >= 4 is 32.7 Å². The standard InChI is InChI=1S/C13H14BrN3O/c1-13(3-5-18-8-13)17-10-2-4-15-11-6-9(14)7-16-12(10)11/h2,4,6-7H,3,5,8H2,1H3,(H,15,17). The van der Waals surface area contributed by atoms with Crippen LogP contribution in [0, 0.1) is 0 Å². The molecule has 0 aromatic carbocycles. The highest BCUT2D eigenvalue weighted by Gasteiger charge is 2.29. The van der Waals surface area contributed by atoms with E-state index in [0.29, 0.717) is 0 Å². The van der Waals surface area contributed by atoms with Crippen molar-refractivity contribution in [2.45, 2.75) is 18.9 Å². The highest BCUT2D eigenvalue weighted by molar-refractivity contribution is 9.10. The molecule has 2 aromatic rings. The molecule has 5 heteroatoms. The van der Waals surface area contributed by atoms with Crippen LogP contribution >= 0.6 is 15.9 Å². The van der Waals surface area contributed by atoms with E-state index < -0.39 is 0 Å². The minimum Gasteiger partial charge on any atom is -0.379 e. The minimum atomic E-state index is -0.0109. The van der Waals surface area contributed by atoms with Gasteiger partial charge in [-0.3, -0.25) is 9.97 Å². The largest absolute Gasteiger partial charge is 0.379 e. The van der Waals surface area contributed by atoms with Gasteiger partial charge in [0.1, 0.15) is 5.52 Å². The molecule has 94 valence electrons. The third-order valence-corrected chi connectivity index (χ3v) is 3.63. The maximum Gasteiger partial charge on any atom is 0.112 e. The van der Waals surface area contributed by atoms with Crippen LogP contribution in [-0.2, 0) is 4.74 Å². The molecule has 0 bridgehead atoms. The molecular formula is C13H14BrN3O. The van der Waals surface area contributed by atoms with Crippen LogP contribution in [0.2, 0.25) is 0 Å². The summed E-state index contributed by atoms with van der Waals surface area (Å²) >= 11 is 3.41. The lowest BCUT2D eigenvalue weighted by Gasteiger charge is -2.25. The molecule has 0 amide bonds. The molecule has 0 spiro atoms. The second-order valence-electron chi connectivity index (χ2n) is 4.87. The number of halogens is 1. The summed E-state index contributed by atoms with van der Waals surface area (Å²) < 4.78 is 6.40. The van der Waals surface area contributed by atoms with Crippen LogP contribution in [-0.4, -0.2) is 28.7 Å². The molecule has 4 nitrogen and oxygen atoms in total. The van der Waals surface area contributed by atoms with E-state index >= 15 is 0 Å². The summed E-state index contributed by atoms with van der Waals surface area (Å²) in [5.41, 5.74) is 2.79. The van der Waals surface area contributed by atoms with Crippen LogP contribution < -0.4 is 5.32 Å². The average Bonchev–Trinajstić information content (AvgIpc) is 2.76. The van der Waals surface area contributed by atoms with Gasteiger partial charge in [-0.15, -0.1) is 0 Å². The van der Waals surface area contributed by atoms with Crippen molar-refractivity contribution in [3.63, 3.8) is 0 Å². The number of hydrogen-bond acceptors (Lipinski definition) is 4. The molecule has 3 rings (SSSR count). The van der Waals surface area contributed by atoms with Gasteiger partial charge < -0.3 is 10.1 Å². The Morgan fingerprint density at radius 3 is 3.11 bits per heavy atom. The molecule has 1 atom stereocenters. The van der Waals surface area contributed by atoms with Gasteiger partial charge >= 0.3 is 0 Å². The van der Waals surface area contributed by atoms with E-state index in [9.17, 15) is 0 Å². The Labute approximate surface area is 114 Å². The van der Waals surface area contributed by atoms with Crippen LogP contribution in [0.4, 0.5) is 5.69 Å². The van der Waals surface area contributed by atoms with E-state index in [1.165, 1.54) is 0 Å². The Kier molecular flexibility index (Phi) is 2.95. The van der Waals surface area contributed by atoms with Crippen LogP contribution in [0.15, 0.2) is 29.0 Å². The number of pyridine rings is 2. The zero-order chi connectivity index (χ0) is 12.6. The molecule has 0 radical (unpaired) electrons. The molecule has 1 fully saturated rings. The summed E-state index contributed by atoms with van der Waals surface area (Å²) in [6, 6.07) is 3.94. The van der Waals surface area contributed by atoms with Crippen molar-refractivity contribution in [2.24, 2.45) is 0 Å². The van der Waals surface area contributed by atoms with Crippen molar-refractivity contribution in [1.82, 2.24) is 9.97 Å². The van der Waals surface area contributed by atoms with Gasteiger partial charge in [-0.2, -0.15) is 0 Å². The van der Waals surface area contributed by atoms with E-state index in [4.69, 9.17) is 4.74 Å². The first-order valence-electron chi connectivity index (χ1n) is 5.93. The Hall–Kier alpha value is -1.20. The summed E-state index contributed by atoms with van der Waals surface area (Å²) in [4.78, 5) is 8.78. The Bertz CT molecular complexity index is 581.